The van der Waals surface area contributed by atoms with Crippen LogP contribution in [-0.4, -0.2) is 24.3 Å². The van der Waals surface area contributed by atoms with Crippen LogP contribution in [-0.2, 0) is 0 Å². The topological polar surface area (TPSA) is 61.4 Å². The Kier molecular flexibility index (Phi) is 4.31. The van der Waals surface area contributed by atoms with E-state index in [4.69, 9.17) is 5.11 Å². The van der Waals surface area contributed by atoms with Crippen molar-refractivity contribution in [3.05, 3.63) is 30.3 Å². The molecular weight excluding hydrogens is 204 g/mol. The van der Waals surface area contributed by atoms with Gasteiger partial charge in [-0.25, -0.2) is 4.79 Å². The maximum atomic E-state index is 11.5. The maximum absolute atomic E-state index is 11.5. The molecule has 4 nitrogen and oxygen atoms in total. The Morgan fingerprint density at radius 3 is 2.50 bits per heavy atom. The molecule has 0 saturated heterocycles. The normalized spacial score (nSPS) is 10.9. The third-order valence-electron chi connectivity index (χ3n) is 2.19. The number of carbonyl (C=O) groups is 1. The lowest BCUT2D eigenvalue weighted by atomic mass is 9.95. The highest BCUT2D eigenvalue weighted by atomic mass is 16.3. The maximum Gasteiger partial charge on any atom is 0.319 e. The molecule has 0 aromatic heterocycles. The highest BCUT2D eigenvalue weighted by Crippen LogP contribution is 2.11. The predicted molar refractivity (Wildman–Crippen MR) is 64.3 cm³/mol. The summed E-state index contributed by atoms with van der Waals surface area (Å²) in [7, 11) is 0. The molecule has 1 rings (SSSR count). The first kappa shape index (κ1) is 12.5. The summed E-state index contributed by atoms with van der Waals surface area (Å²) >= 11 is 0. The molecule has 88 valence electrons. The van der Waals surface area contributed by atoms with Crippen LogP contribution >= 0.6 is 0 Å². The number of nitrogens with one attached hydrogen (secondary N) is 2. The van der Waals surface area contributed by atoms with E-state index in [0.29, 0.717) is 6.54 Å². The number of benzene rings is 1. The highest BCUT2D eigenvalue weighted by molar-refractivity contribution is 5.89. The number of hydrogen-bond acceptors (Lipinski definition) is 2. The van der Waals surface area contributed by atoms with E-state index < -0.39 is 0 Å². The molecule has 16 heavy (non-hydrogen) atoms. The van der Waals surface area contributed by atoms with Gasteiger partial charge in [-0.3, -0.25) is 0 Å². The molecule has 1 aromatic rings. The summed E-state index contributed by atoms with van der Waals surface area (Å²) in [6.07, 6.45) is 0. The number of para-hydroxylation sites is 1. The van der Waals surface area contributed by atoms with E-state index in [1.807, 2.05) is 44.2 Å². The van der Waals surface area contributed by atoms with Crippen LogP contribution in [0.25, 0.3) is 0 Å². The molecule has 0 fully saturated rings. The van der Waals surface area contributed by atoms with Crippen molar-refractivity contribution in [2.75, 3.05) is 18.5 Å². The molecule has 0 spiro atoms. The summed E-state index contributed by atoms with van der Waals surface area (Å²) in [5.41, 5.74) is 0.454. The predicted octanol–water partition coefficient (Wildman–Crippen LogP) is 1.83. The van der Waals surface area contributed by atoms with E-state index in [1.54, 1.807) is 0 Å². The number of anilines is 1. The SMILES string of the molecule is CC(C)(CO)CNC(=O)Nc1ccccc1. The van der Waals surface area contributed by atoms with Crippen molar-refractivity contribution in [3.63, 3.8) is 0 Å². The van der Waals surface area contributed by atoms with Gasteiger partial charge in [0.25, 0.3) is 0 Å². The van der Waals surface area contributed by atoms with Gasteiger partial charge in [0.05, 0.1) is 0 Å². The van der Waals surface area contributed by atoms with Gasteiger partial charge in [-0.1, -0.05) is 32.0 Å². The highest BCUT2D eigenvalue weighted by Gasteiger charge is 2.17. The fourth-order valence-corrected chi connectivity index (χ4v) is 1.07. The van der Waals surface area contributed by atoms with Gasteiger partial charge in [-0.2, -0.15) is 0 Å². The van der Waals surface area contributed by atoms with E-state index in [9.17, 15) is 4.79 Å². The molecule has 0 aliphatic rings. The summed E-state index contributed by atoms with van der Waals surface area (Å²) in [6.45, 7) is 4.24. The van der Waals surface area contributed by atoms with Crippen molar-refractivity contribution in [1.82, 2.24) is 5.32 Å². The fraction of sp³-hybridized carbons (Fsp3) is 0.417. The van der Waals surface area contributed by atoms with Crippen molar-refractivity contribution in [1.29, 1.82) is 0 Å². The Bertz CT molecular complexity index is 336. The average Bonchev–Trinajstić information content (AvgIpc) is 2.28. The van der Waals surface area contributed by atoms with Crippen LogP contribution < -0.4 is 10.6 Å². The van der Waals surface area contributed by atoms with E-state index in [2.05, 4.69) is 10.6 Å². The van der Waals surface area contributed by atoms with Crippen LogP contribution in [0, 0.1) is 5.41 Å². The molecule has 0 saturated carbocycles. The van der Waals surface area contributed by atoms with Gasteiger partial charge in [0.2, 0.25) is 0 Å². The Labute approximate surface area is 95.7 Å². The van der Waals surface area contributed by atoms with Gasteiger partial charge < -0.3 is 15.7 Å². The number of aliphatic hydroxyl groups excluding tert-OH is 1. The zero-order chi connectivity index (χ0) is 12.0. The van der Waals surface area contributed by atoms with Gasteiger partial charge >= 0.3 is 6.03 Å². The molecule has 0 heterocycles. The van der Waals surface area contributed by atoms with Crippen molar-refractivity contribution in [2.45, 2.75) is 13.8 Å². The van der Waals surface area contributed by atoms with Crippen molar-refractivity contribution in [3.8, 4) is 0 Å². The third kappa shape index (κ3) is 4.31. The lowest BCUT2D eigenvalue weighted by Crippen LogP contribution is -2.38. The second-order valence-electron chi connectivity index (χ2n) is 4.50. The minimum absolute atomic E-state index is 0.0403. The van der Waals surface area contributed by atoms with Crippen LogP contribution in [0.4, 0.5) is 10.5 Å². The van der Waals surface area contributed by atoms with Gasteiger partial charge in [0.15, 0.2) is 0 Å². The first-order valence-corrected chi connectivity index (χ1v) is 5.24. The van der Waals surface area contributed by atoms with Crippen LogP contribution in [0.15, 0.2) is 30.3 Å². The quantitative estimate of drug-likeness (QED) is 0.727. The first-order chi connectivity index (χ1) is 7.53. The minimum Gasteiger partial charge on any atom is -0.396 e. The summed E-state index contributed by atoms with van der Waals surface area (Å²) < 4.78 is 0. The lowest BCUT2D eigenvalue weighted by Gasteiger charge is -2.21. The fourth-order valence-electron chi connectivity index (χ4n) is 1.07. The van der Waals surface area contributed by atoms with E-state index in [0.717, 1.165) is 5.69 Å². The number of carbonyl (C=O) groups excluding carboxylic acids is 1. The molecular formula is C12H18N2O2. The van der Waals surface area contributed by atoms with E-state index in [1.165, 1.54) is 0 Å². The monoisotopic (exact) mass is 222 g/mol. The number of hydrogen-bond donors (Lipinski definition) is 3. The number of amides is 2. The van der Waals surface area contributed by atoms with Gasteiger partial charge in [0, 0.05) is 24.3 Å². The molecule has 0 radical (unpaired) electrons. The van der Waals surface area contributed by atoms with E-state index in [-0.39, 0.29) is 18.1 Å². The molecule has 3 N–H and O–H groups in total. The van der Waals surface area contributed by atoms with Crippen LogP contribution in [0.5, 0.6) is 0 Å². The number of aliphatic hydroxyl groups is 1. The molecule has 0 unspecified atom stereocenters. The van der Waals surface area contributed by atoms with Gasteiger partial charge in [-0.05, 0) is 12.1 Å². The Balaban J connectivity index is 2.38. The van der Waals surface area contributed by atoms with Crippen molar-refractivity contribution < 1.29 is 9.90 Å². The zero-order valence-corrected chi connectivity index (χ0v) is 9.66. The minimum atomic E-state index is -0.298. The first-order valence-electron chi connectivity index (χ1n) is 5.24. The van der Waals surface area contributed by atoms with Crippen LogP contribution in [0.2, 0.25) is 0 Å². The largest absolute Gasteiger partial charge is 0.396 e. The Morgan fingerprint density at radius 2 is 1.94 bits per heavy atom. The van der Waals surface area contributed by atoms with Crippen molar-refractivity contribution in [2.24, 2.45) is 5.41 Å². The number of rotatable bonds is 4. The smallest absolute Gasteiger partial charge is 0.319 e. The number of urea groups is 1. The Morgan fingerprint density at radius 1 is 1.31 bits per heavy atom. The molecule has 0 aliphatic heterocycles. The molecule has 0 aliphatic carbocycles. The lowest BCUT2D eigenvalue weighted by molar-refractivity contribution is 0.158. The molecule has 1 aromatic carbocycles. The summed E-state index contributed by atoms with van der Waals surface area (Å²) in [4.78, 5) is 11.5. The standard InChI is InChI=1S/C12H18N2O2/c1-12(2,9-15)8-13-11(16)14-10-6-4-3-5-7-10/h3-7,15H,8-9H2,1-2H3,(H2,13,14,16). The molecule has 0 bridgehead atoms. The zero-order valence-electron chi connectivity index (χ0n) is 9.66. The van der Waals surface area contributed by atoms with Crippen molar-refractivity contribution >= 4 is 11.7 Å². The molecule has 0 atom stereocenters. The van der Waals surface area contributed by atoms with Gasteiger partial charge in [0.1, 0.15) is 0 Å². The second-order valence-corrected chi connectivity index (χ2v) is 4.50. The average molecular weight is 222 g/mol. The summed E-state index contributed by atoms with van der Waals surface area (Å²) in [6, 6.07) is 8.97. The van der Waals surface area contributed by atoms with Crippen LogP contribution in [0.1, 0.15) is 13.8 Å². The van der Waals surface area contributed by atoms with Crippen LogP contribution in [0.3, 0.4) is 0 Å². The van der Waals surface area contributed by atoms with E-state index >= 15 is 0 Å². The Hall–Kier alpha value is -1.55. The molecule has 2 amide bonds. The van der Waals surface area contributed by atoms with Gasteiger partial charge in [-0.15, -0.1) is 0 Å². The molecule has 4 heteroatoms. The third-order valence-corrected chi connectivity index (χ3v) is 2.19. The second kappa shape index (κ2) is 5.51. The summed E-state index contributed by atoms with van der Waals surface area (Å²) in [5, 5.41) is 14.4. The summed E-state index contributed by atoms with van der Waals surface area (Å²) in [5.74, 6) is 0.